The van der Waals surface area contributed by atoms with E-state index in [2.05, 4.69) is 38.9 Å². The molecule has 0 amide bonds. The highest BCUT2D eigenvalue weighted by molar-refractivity contribution is 7.98. The van der Waals surface area contributed by atoms with Crippen LogP contribution in [0.25, 0.3) is 0 Å². The zero-order chi connectivity index (χ0) is 10.3. The molecule has 0 aromatic rings. The molecule has 0 heterocycles. The molecule has 0 aliphatic heterocycles. The van der Waals surface area contributed by atoms with Gasteiger partial charge in [0, 0.05) is 12.1 Å². The van der Waals surface area contributed by atoms with Gasteiger partial charge in [0.1, 0.15) is 0 Å². The van der Waals surface area contributed by atoms with Gasteiger partial charge in [-0.2, -0.15) is 11.8 Å². The van der Waals surface area contributed by atoms with Gasteiger partial charge in [0.25, 0.3) is 0 Å². The lowest BCUT2D eigenvalue weighted by atomic mass is 10.2. The number of rotatable bonds is 7. The van der Waals surface area contributed by atoms with Crippen molar-refractivity contribution in [2.75, 3.05) is 18.6 Å². The van der Waals surface area contributed by atoms with Crippen LogP contribution < -0.4 is 0 Å². The van der Waals surface area contributed by atoms with Gasteiger partial charge in [-0.3, -0.25) is 4.90 Å². The summed E-state index contributed by atoms with van der Waals surface area (Å²) in [7, 11) is 0. The Balaban J connectivity index is 3.58. The van der Waals surface area contributed by atoms with Crippen LogP contribution in [0.4, 0.5) is 0 Å². The quantitative estimate of drug-likeness (QED) is 0.584. The zero-order valence-electron chi connectivity index (χ0n) is 9.84. The van der Waals surface area contributed by atoms with Gasteiger partial charge in [-0.05, 0) is 59.1 Å². The van der Waals surface area contributed by atoms with Crippen LogP contribution >= 0.6 is 11.8 Å². The van der Waals surface area contributed by atoms with Crippen molar-refractivity contribution in [1.82, 2.24) is 4.90 Å². The van der Waals surface area contributed by atoms with Gasteiger partial charge >= 0.3 is 0 Å². The molecule has 0 aromatic carbocycles. The molecule has 2 heteroatoms. The standard InChI is InChI=1S/C11H25NS/c1-10(2)12(11(3)4)8-6-7-9-13-5/h10-11H,6-9H2,1-5H3. The minimum absolute atomic E-state index is 0.689. The molecule has 0 unspecified atom stereocenters. The Labute approximate surface area is 88.3 Å². The maximum absolute atomic E-state index is 2.57. The zero-order valence-corrected chi connectivity index (χ0v) is 10.7. The van der Waals surface area contributed by atoms with E-state index in [0.717, 1.165) is 0 Å². The van der Waals surface area contributed by atoms with Crippen LogP contribution in [0.2, 0.25) is 0 Å². The van der Waals surface area contributed by atoms with Crippen LogP contribution in [0.1, 0.15) is 40.5 Å². The lowest BCUT2D eigenvalue weighted by molar-refractivity contribution is 0.173. The Bertz CT molecular complexity index is 105. The van der Waals surface area contributed by atoms with E-state index in [4.69, 9.17) is 0 Å². The van der Waals surface area contributed by atoms with Crippen LogP contribution in [0.15, 0.2) is 0 Å². The summed E-state index contributed by atoms with van der Waals surface area (Å²) in [5.74, 6) is 1.31. The van der Waals surface area contributed by atoms with Gasteiger partial charge in [-0.15, -0.1) is 0 Å². The molecule has 1 nitrogen and oxygen atoms in total. The minimum Gasteiger partial charge on any atom is -0.299 e. The second-order valence-corrected chi connectivity index (χ2v) is 5.11. The summed E-state index contributed by atoms with van der Waals surface area (Å²) in [6.45, 7) is 10.4. The number of unbranched alkanes of at least 4 members (excludes halogenated alkanes) is 1. The molecular formula is C11H25NS. The highest BCUT2D eigenvalue weighted by Crippen LogP contribution is 2.08. The predicted molar refractivity (Wildman–Crippen MR) is 64.6 cm³/mol. The van der Waals surface area contributed by atoms with Crippen molar-refractivity contribution < 1.29 is 0 Å². The first-order valence-electron chi connectivity index (χ1n) is 5.34. The number of thioether (sulfide) groups is 1. The average molecular weight is 203 g/mol. The van der Waals surface area contributed by atoms with Gasteiger partial charge < -0.3 is 0 Å². The Morgan fingerprint density at radius 2 is 1.54 bits per heavy atom. The lowest BCUT2D eigenvalue weighted by Crippen LogP contribution is -2.37. The van der Waals surface area contributed by atoms with E-state index in [-0.39, 0.29) is 0 Å². The number of hydrogen-bond acceptors (Lipinski definition) is 2. The van der Waals surface area contributed by atoms with E-state index < -0.39 is 0 Å². The van der Waals surface area contributed by atoms with E-state index in [1.807, 2.05) is 11.8 Å². The van der Waals surface area contributed by atoms with E-state index >= 15 is 0 Å². The fraction of sp³-hybridized carbons (Fsp3) is 1.00. The van der Waals surface area contributed by atoms with E-state index in [1.54, 1.807) is 0 Å². The minimum atomic E-state index is 0.689. The summed E-state index contributed by atoms with van der Waals surface area (Å²) in [5, 5.41) is 0. The third kappa shape index (κ3) is 6.39. The Kier molecular flexibility index (Phi) is 7.87. The summed E-state index contributed by atoms with van der Waals surface area (Å²) in [4.78, 5) is 2.57. The fourth-order valence-corrected chi connectivity index (χ4v) is 2.15. The summed E-state index contributed by atoms with van der Waals surface area (Å²) in [6.07, 6.45) is 4.89. The van der Waals surface area contributed by atoms with Gasteiger partial charge in [-0.1, -0.05) is 0 Å². The van der Waals surface area contributed by atoms with E-state index in [1.165, 1.54) is 25.1 Å². The van der Waals surface area contributed by atoms with Crippen LogP contribution in [0, 0.1) is 0 Å². The number of hydrogen-bond donors (Lipinski definition) is 0. The van der Waals surface area contributed by atoms with Crippen molar-refractivity contribution >= 4 is 11.8 Å². The van der Waals surface area contributed by atoms with Crippen molar-refractivity contribution in [1.29, 1.82) is 0 Å². The molecule has 0 saturated carbocycles. The second-order valence-electron chi connectivity index (χ2n) is 4.13. The molecule has 80 valence electrons. The number of nitrogens with zero attached hydrogens (tertiary/aromatic N) is 1. The first-order valence-corrected chi connectivity index (χ1v) is 6.73. The first kappa shape index (κ1) is 13.3. The van der Waals surface area contributed by atoms with Gasteiger partial charge in [0.2, 0.25) is 0 Å². The fourth-order valence-electron chi connectivity index (χ4n) is 1.65. The van der Waals surface area contributed by atoms with Crippen LogP contribution in [-0.2, 0) is 0 Å². The Morgan fingerprint density at radius 3 is 1.92 bits per heavy atom. The normalized spacial score (nSPS) is 12.0. The third-order valence-electron chi connectivity index (χ3n) is 2.34. The topological polar surface area (TPSA) is 3.24 Å². The maximum atomic E-state index is 2.57. The lowest BCUT2D eigenvalue weighted by Gasteiger charge is -2.30. The summed E-state index contributed by atoms with van der Waals surface area (Å²) in [6, 6.07) is 1.38. The first-order chi connectivity index (χ1) is 6.09. The highest BCUT2D eigenvalue weighted by atomic mass is 32.2. The van der Waals surface area contributed by atoms with Gasteiger partial charge in [-0.25, -0.2) is 0 Å². The molecule has 0 atom stereocenters. The smallest absolute Gasteiger partial charge is 0.00412 e. The molecule has 0 saturated heterocycles. The molecule has 0 aliphatic rings. The van der Waals surface area contributed by atoms with Gasteiger partial charge in [0.05, 0.1) is 0 Å². The van der Waals surface area contributed by atoms with Crippen LogP contribution in [0.5, 0.6) is 0 Å². The molecule has 0 bridgehead atoms. The second kappa shape index (κ2) is 7.69. The highest BCUT2D eigenvalue weighted by Gasteiger charge is 2.11. The molecule has 0 spiro atoms. The van der Waals surface area contributed by atoms with E-state index in [0.29, 0.717) is 12.1 Å². The molecule has 0 fully saturated rings. The molecule has 0 radical (unpaired) electrons. The monoisotopic (exact) mass is 203 g/mol. The molecule has 0 N–H and O–H groups in total. The Morgan fingerprint density at radius 1 is 1.00 bits per heavy atom. The van der Waals surface area contributed by atoms with Crippen LogP contribution in [0.3, 0.4) is 0 Å². The average Bonchev–Trinajstić information content (AvgIpc) is 2.02. The third-order valence-corrected chi connectivity index (χ3v) is 3.04. The SMILES string of the molecule is CSCCCCN(C(C)C)C(C)C. The van der Waals surface area contributed by atoms with Crippen molar-refractivity contribution in [3.8, 4) is 0 Å². The summed E-state index contributed by atoms with van der Waals surface area (Å²) >= 11 is 1.95. The van der Waals surface area contributed by atoms with E-state index in [9.17, 15) is 0 Å². The van der Waals surface area contributed by atoms with Crippen molar-refractivity contribution in [2.45, 2.75) is 52.6 Å². The van der Waals surface area contributed by atoms with Crippen molar-refractivity contribution in [3.05, 3.63) is 0 Å². The molecule has 0 aromatic heterocycles. The maximum Gasteiger partial charge on any atom is 0.00412 e. The van der Waals surface area contributed by atoms with Gasteiger partial charge in [0.15, 0.2) is 0 Å². The predicted octanol–water partition coefficient (Wildman–Crippen LogP) is 3.25. The summed E-state index contributed by atoms with van der Waals surface area (Å²) < 4.78 is 0. The van der Waals surface area contributed by atoms with Crippen molar-refractivity contribution in [3.63, 3.8) is 0 Å². The summed E-state index contributed by atoms with van der Waals surface area (Å²) in [5.41, 5.74) is 0. The van der Waals surface area contributed by atoms with Crippen molar-refractivity contribution in [2.24, 2.45) is 0 Å². The molecular weight excluding hydrogens is 178 g/mol. The molecule has 0 rings (SSSR count). The van der Waals surface area contributed by atoms with Crippen LogP contribution in [-0.4, -0.2) is 35.5 Å². The molecule has 13 heavy (non-hydrogen) atoms. The largest absolute Gasteiger partial charge is 0.299 e. The molecule has 0 aliphatic carbocycles. The Hall–Kier alpha value is 0.310.